The van der Waals surface area contributed by atoms with Gasteiger partial charge in [-0.1, -0.05) is 30.3 Å². The van der Waals surface area contributed by atoms with Crippen LogP contribution in [0.2, 0.25) is 0 Å². The van der Waals surface area contributed by atoms with Gasteiger partial charge in [0.25, 0.3) is 5.91 Å². The number of aromatic amines is 1. The van der Waals surface area contributed by atoms with Crippen molar-refractivity contribution in [1.29, 1.82) is 0 Å². The Hall–Kier alpha value is -3.76. The highest BCUT2D eigenvalue weighted by Crippen LogP contribution is 2.34. The molecule has 3 rings (SSSR count). The average Bonchev–Trinajstić information content (AvgIpc) is 3.38. The number of carbonyl (C=O) groups is 2. The molecule has 1 amide bonds. The summed E-state index contributed by atoms with van der Waals surface area (Å²) >= 11 is 0. The predicted octanol–water partition coefficient (Wildman–Crippen LogP) is 6.99. The summed E-state index contributed by atoms with van der Waals surface area (Å²) in [5.74, 6) is -1.31. The number of H-pyrrole nitrogens is 1. The number of halogens is 6. The number of alkyl halides is 6. The van der Waals surface area contributed by atoms with E-state index < -0.39 is 46.3 Å². The van der Waals surface area contributed by atoms with E-state index in [2.05, 4.69) is 10.3 Å². The van der Waals surface area contributed by atoms with Crippen molar-refractivity contribution >= 4 is 11.7 Å². The summed E-state index contributed by atoms with van der Waals surface area (Å²) in [6.07, 6.45) is -6.64. The van der Waals surface area contributed by atoms with Gasteiger partial charge in [-0.05, 0) is 62.4 Å². The van der Waals surface area contributed by atoms with Crippen LogP contribution in [-0.4, -0.2) is 28.8 Å². The predicted molar refractivity (Wildman–Crippen MR) is 132 cm³/mol. The second kappa shape index (κ2) is 12.4. The molecule has 0 aliphatic rings. The topological polar surface area (TPSA) is 71.2 Å². The summed E-state index contributed by atoms with van der Waals surface area (Å²) in [4.78, 5) is 27.9. The van der Waals surface area contributed by atoms with Crippen LogP contribution in [0.1, 0.15) is 59.7 Å². The third-order valence-electron chi connectivity index (χ3n) is 6.18. The number of carbonyl (C=O) groups excluding carboxylic acids is 2. The average molecular weight is 555 g/mol. The van der Waals surface area contributed by atoms with Gasteiger partial charge in [0.2, 0.25) is 0 Å². The SMILES string of the molecule is CC(CCCC(=O)c1c[nH]cc1C(F)(F)F)(Oc1ccc(C(F)(F)F)cc1)C(=O)NCCCc1ccccc1. The lowest BCUT2D eigenvalue weighted by atomic mass is 9.94. The summed E-state index contributed by atoms with van der Waals surface area (Å²) in [5.41, 5.74) is -2.99. The Bertz CT molecular complexity index is 1240. The molecule has 1 atom stereocenters. The van der Waals surface area contributed by atoms with Crippen molar-refractivity contribution in [2.75, 3.05) is 6.54 Å². The molecule has 39 heavy (non-hydrogen) atoms. The van der Waals surface area contributed by atoms with E-state index in [-0.39, 0.29) is 31.6 Å². The van der Waals surface area contributed by atoms with E-state index >= 15 is 0 Å². The maximum absolute atomic E-state index is 13.1. The molecule has 0 spiro atoms. The van der Waals surface area contributed by atoms with Crippen LogP contribution >= 0.6 is 0 Å². The van der Waals surface area contributed by atoms with Gasteiger partial charge >= 0.3 is 12.4 Å². The highest BCUT2D eigenvalue weighted by atomic mass is 19.4. The molecule has 0 saturated carbocycles. The fourth-order valence-corrected chi connectivity index (χ4v) is 4.06. The summed E-state index contributed by atoms with van der Waals surface area (Å²) in [6, 6.07) is 13.4. The molecule has 5 nitrogen and oxygen atoms in total. The van der Waals surface area contributed by atoms with Crippen LogP contribution in [0.25, 0.3) is 0 Å². The Kier molecular flexibility index (Phi) is 9.47. The number of aromatic nitrogens is 1. The zero-order chi connectivity index (χ0) is 28.7. The molecule has 0 aliphatic carbocycles. The first-order chi connectivity index (χ1) is 18.3. The maximum atomic E-state index is 13.1. The van der Waals surface area contributed by atoms with Crippen LogP contribution in [-0.2, 0) is 23.6 Å². The Morgan fingerprint density at radius 2 is 1.54 bits per heavy atom. The number of ketones is 1. The quantitative estimate of drug-likeness (QED) is 0.144. The van der Waals surface area contributed by atoms with Crippen LogP contribution in [0.15, 0.2) is 67.0 Å². The number of Topliss-reactive ketones (excluding diaryl/α,β-unsaturated/α-hetero) is 1. The second-order valence-corrected chi connectivity index (χ2v) is 9.26. The molecule has 0 aliphatic heterocycles. The monoisotopic (exact) mass is 554 g/mol. The minimum Gasteiger partial charge on any atom is -0.478 e. The van der Waals surface area contributed by atoms with Crippen molar-refractivity contribution in [3.05, 3.63) is 89.2 Å². The standard InChI is InChI=1S/C28H28F6N2O3/c1-26(39-21-13-11-20(12-14-21)27(29,30)31,25(38)36-16-6-9-19-7-3-2-4-8-19)15-5-10-24(37)22-17-35-18-23(22)28(32,33)34/h2-4,7-8,11-14,17-18,35H,5-6,9-10,15-16H2,1H3,(H,36,38). The molecule has 2 aromatic carbocycles. The Labute approximate surface area is 221 Å². The van der Waals surface area contributed by atoms with E-state index in [1.165, 1.54) is 6.92 Å². The van der Waals surface area contributed by atoms with Crippen molar-refractivity contribution in [1.82, 2.24) is 10.3 Å². The van der Waals surface area contributed by atoms with E-state index in [4.69, 9.17) is 4.74 Å². The Balaban J connectivity index is 1.67. The van der Waals surface area contributed by atoms with Crippen molar-refractivity contribution in [3.8, 4) is 5.75 Å². The summed E-state index contributed by atoms with van der Waals surface area (Å²) in [5, 5.41) is 2.76. The lowest BCUT2D eigenvalue weighted by Gasteiger charge is -2.30. The molecular weight excluding hydrogens is 526 g/mol. The van der Waals surface area contributed by atoms with Gasteiger partial charge in [-0.25, -0.2) is 0 Å². The molecule has 2 N–H and O–H groups in total. The number of hydrogen-bond donors (Lipinski definition) is 2. The summed E-state index contributed by atoms with van der Waals surface area (Å²) < 4.78 is 84.1. The van der Waals surface area contributed by atoms with Crippen LogP contribution in [0, 0.1) is 0 Å². The van der Waals surface area contributed by atoms with Crippen molar-refractivity contribution in [3.63, 3.8) is 0 Å². The summed E-state index contributed by atoms with van der Waals surface area (Å²) in [7, 11) is 0. The van der Waals surface area contributed by atoms with E-state index in [1.807, 2.05) is 30.3 Å². The zero-order valence-electron chi connectivity index (χ0n) is 21.1. The molecular formula is C28H28F6N2O3. The third-order valence-corrected chi connectivity index (χ3v) is 6.18. The minimum atomic E-state index is -4.70. The van der Waals surface area contributed by atoms with Gasteiger partial charge in [0.1, 0.15) is 5.75 Å². The van der Waals surface area contributed by atoms with Crippen LogP contribution in [0.4, 0.5) is 26.3 Å². The van der Waals surface area contributed by atoms with Gasteiger partial charge in [-0.15, -0.1) is 0 Å². The van der Waals surface area contributed by atoms with Gasteiger partial charge in [0, 0.05) is 30.9 Å². The number of ether oxygens (including phenoxy) is 1. The van der Waals surface area contributed by atoms with Gasteiger partial charge in [0.05, 0.1) is 11.1 Å². The largest absolute Gasteiger partial charge is 0.478 e. The van der Waals surface area contributed by atoms with Gasteiger partial charge in [-0.2, -0.15) is 26.3 Å². The first-order valence-corrected chi connectivity index (χ1v) is 12.3. The molecule has 0 saturated heterocycles. The van der Waals surface area contributed by atoms with Crippen LogP contribution in [0.5, 0.6) is 5.75 Å². The number of amides is 1. The fourth-order valence-electron chi connectivity index (χ4n) is 4.06. The van der Waals surface area contributed by atoms with E-state index in [0.717, 1.165) is 36.0 Å². The molecule has 1 heterocycles. The van der Waals surface area contributed by atoms with Gasteiger partial charge in [0.15, 0.2) is 11.4 Å². The molecule has 1 unspecified atom stereocenters. The smallest absolute Gasteiger partial charge is 0.418 e. The lowest BCUT2D eigenvalue weighted by Crippen LogP contribution is -2.49. The maximum Gasteiger partial charge on any atom is 0.418 e. The molecule has 1 aromatic heterocycles. The van der Waals surface area contributed by atoms with Crippen molar-refractivity contribution in [2.24, 2.45) is 0 Å². The third kappa shape index (κ3) is 8.36. The number of hydrogen-bond acceptors (Lipinski definition) is 3. The first-order valence-electron chi connectivity index (χ1n) is 12.3. The Morgan fingerprint density at radius 3 is 2.15 bits per heavy atom. The minimum absolute atomic E-state index is 0.00116. The number of aryl methyl sites for hydroxylation is 1. The second-order valence-electron chi connectivity index (χ2n) is 9.26. The number of benzene rings is 2. The highest BCUT2D eigenvalue weighted by molar-refractivity contribution is 5.97. The van der Waals surface area contributed by atoms with Crippen LogP contribution < -0.4 is 10.1 Å². The van der Waals surface area contributed by atoms with Crippen molar-refractivity contribution < 1.29 is 40.7 Å². The molecule has 0 fully saturated rings. The molecule has 11 heteroatoms. The lowest BCUT2D eigenvalue weighted by molar-refractivity contribution is -0.138. The number of rotatable bonds is 12. The van der Waals surface area contributed by atoms with E-state index in [1.54, 1.807) is 0 Å². The van der Waals surface area contributed by atoms with Crippen LogP contribution in [0.3, 0.4) is 0 Å². The Morgan fingerprint density at radius 1 is 0.872 bits per heavy atom. The number of nitrogens with one attached hydrogen (secondary N) is 2. The summed E-state index contributed by atoms with van der Waals surface area (Å²) in [6.45, 7) is 1.72. The zero-order valence-corrected chi connectivity index (χ0v) is 21.1. The van der Waals surface area contributed by atoms with Gasteiger partial charge < -0.3 is 15.0 Å². The van der Waals surface area contributed by atoms with E-state index in [0.29, 0.717) is 19.0 Å². The normalized spacial score (nSPS) is 13.5. The van der Waals surface area contributed by atoms with Crippen molar-refractivity contribution in [2.45, 2.75) is 57.0 Å². The van der Waals surface area contributed by atoms with Gasteiger partial charge in [-0.3, -0.25) is 9.59 Å². The fraction of sp³-hybridized carbons (Fsp3) is 0.357. The molecule has 0 bridgehead atoms. The highest BCUT2D eigenvalue weighted by Gasteiger charge is 2.38. The molecule has 3 aromatic rings. The van der Waals surface area contributed by atoms with E-state index in [9.17, 15) is 35.9 Å². The molecule has 210 valence electrons. The first kappa shape index (κ1) is 29.8. The molecule has 0 radical (unpaired) electrons.